The van der Waals surface area contributed by atoms with E-state index in [2.05, 4.69) is 10.4 Å². The van der Waals surface area contributed by atoms with E-state index in [-0.39, 0.29) is 23.1 Å². The molecule has 3 aromatic rings. The molecule has 7 heteroatoms. The number of nitrogens with one attached hydrogen (secondary N) is 1. The molecule has 0 saturated heterocycles. The quantitative estimate of drug-likeness (QED) is 0.774. The monoisotopic (exact) mass is 328 g/mol. The van der Waals surface area contributed by atoms with Crippen molar-refractivity contribution in [3.8, 4) is 0 Å². The lowest BCUT2D eigenvalue weighted by atomic mass is 10.1. The van der Waals surface area contributed by atoms with Crippen LogP contribution in [0.4, 0.5) is 0 Å². The summed E-state index contributed by atoms with van der Waals surface area (Å²) in [7, 11) is 1.62. The van der Waals surface area contributed by atoms with Crippen molar-refractivity contribution >= 4 is 17.2 Å². The number of aryl methyl sites for hydroxylation is 1. The highest BCUT2D eigenvalue weighted by Gasteiger charge is 2.17. The molecule has 0 aliphatic carbocycles. The first-order valence-electron chi connectivity index (χ1n) is 7.12. The van der Waals surface area contributed by atoms with Gasteiger partial charge in [-0.2, -0.15) is 16.4 Å². The summed E-state index contributed by atoms with van der Waals surface area (Å²) >= 11 is 1.59. The van der Waals surface area contributed by atoms with E-state index < -0.39 is 0 Å². The van der Waals surface area contributed by atoms with Gasteiger partial charge in [-0.15, -0.1) is 0 Å². The molecule has 6 nitrogen and oxygen atoms in total. The van der Waals surface area contributed by atoms with Crippen LogP contribution in [-0.2, 0) is 7.05 Å². The summed E-state index contributed by atoms with van der Waals surface area (Å²) < 4.78 is 3.18. The zero-order chi connectivity index (χ0) is 16.2. The van der Waals surface area contributed by atoms with Crippen LogP contribution in [0.15, 0.2) is 58.4 Å². The molecule has 3 rings (SSSR count). The Hall–Kier alpha value is -2.67. The molecule has 0 spiro atoms. The van der Waals surface area contributed by atoms with Crippen LogP contribution in [-0.4, -0.2) is 26.8 Å². The molecule has 3 aromatic heterocycles. The van der Waals surface area contributed by atoms with Gasteiger partial charge >= 0.3 is 0 Å². The van der Waals surface area contributed by atoms with Gasteiger partial charge in [0.2, 0.25) is 0 Å². The largest absolute Gasteiger partial charge is 0.349 e. The molecular formula is C16H16N4O2S. The van der Waals surface area contributed by atoms with E-state index in [0.717, 1.165) is 5.56 Å². The van der Waals surface area contributed by atoms with Gasteiger partial charge in [0.05, 0.1) is 6.04 Å². The van der Waals surface area contributed by atoms with Crippen molar-refractivity contribution in [2.75, 3.05) is 6.54 Å². The van der Waals surface area contributed by atoms with E-state index in [4.69, 9.17) is 0 Å². The molecule has 1 unspecified atom stereocenters. The Morgan fingerprint density at radius 2 is 2.22 bits per heavy atom. The maximum absolute atomic E-state index is 12.3. The number of amides is 1. The maximum Gasteiger partial charge on any atom is 0.263 e. The Morgan fingerprint density at radius 3 is 2.91 bits per heavy atom. The van der Waals surface area contributed by atoms with Crippen LogP contribution in [0.1, 0.15) is 22.0 Å². The van der Waals surface area contributed by atoms with Crippen molar-refractivity contribution in [2.24, 2.45) is 7.05 Å². The van der Waals surface area contributed by atoms with Crippen molar-refractivity contribution in [3.05, 3.63) is 75.1 Å². The van der Waals surface area contributed by atoms with Gasteiger partial charge in [-0.1, -0.05) is 0 Å². The Kier molecular flexibility index (Phi) is 4.38. The first-order chi connectivity index (χ1) is 11.2. The Bertz CT molecular complexity index is 803. The lowest BCUT2D eigenvalue weighted by Crippen LogP contribution is -2.35. The summed E-state index contributed by atoms with van der Waals surface area (Å²) in [6, 6.07) is 6.96. The van der Waals surface area contributed by atoms with Gasteiger partial charge in [-0.05, 0) is 40.6 Å². The third-order valence-corrected chi connectivity index (χ3v) is 4.30. The maximum atomic E-state index is 12.3. The summed E-state index contributed by atoms with van der Waals surface area (Å²) in [5.74, 6) is -0.376. The summed E-state index contributed by atoms with van der Waals surface area (Å²) in [6.07, 6.45) is 5.18. The number of rotatable bonds is 5. The molecule has 0 fully saturated rings. The second-order valence-corrected chi connectivity index (χ2v) is 5.89. The number of aromatic nitrogens is 3. The standard InChI is InChI=1S/C16H16N4O2S/c1-19-7-2-4-13(16(19)22)15(21)17-10-14(12-5-9-23-11-12)20-8-3-6-18-20/h2-9,11,14H,10H2,1H3,(H,17,21). The molecule has 0 saturated carbocycles. The SMILES string of the molecule is Cn1cccc(C(=O)NCC(c2ccsc2)n2cccn2)c1=O. The van der Waals surface area contributed by atoms with Crippen LogP contribution in [0, 0.1) is 0 Å². The van der Waals surface area contributed by atoms with Crippen LogP contribution in [0.2, 0.25) is 0 Å². The van der Waals surface area contributed by atoms with Gasteiger partial charge in [-0.25, -0.2) is 0 Å². The number of nitrogens with zero attached hydrogens (tertiary/aromatic N) is 3. The van der Waals surface area contributed by atoms with Crippen molar-refractivity contribution in [3.63, 3.8) is 0 Å². The van der Waals surface area contributed by atoms with Crippen molar-refractivity contribution in [1.82, 2.24) is 19.7 Å². The zero-order valence-electron chi connectivity index (χ0n) is 12.5. The van der Waals surface area contributed by atoms with Gasteiger partial charge in [0, 0.05) is 32.2 Å². The van der Waals surface area contributed by atoms with E-state index in [0.29, 0.717) is 6.54 Å². The second kappa shape index (κ2) is 6.62. The fourth-order valence-electron chi connectivity index (χ4n) is 2.35. The third-order valence-electron chi connectivity index (χ3n) is 3.60. The number of carbonyl (C=O) groups excluding carboxylic acids is 1. The number of hydrogen-bond donors (Lipinski definition) is 1. The fourth-order valence-corrected chi connectivity index (χ4v) is 3.06. The Balaban J connectivity index is 1.78. The number of hydrogen-bond acceptors (Lipinski definition) is 4. The van der Waals surface area contributed by atoms with Gasteiger partial charge in [0.25, 0.3) is 11.5 Å². The minimum absolute atomic E-state index is 0.104. The number of thiophene rings is 1. The van der Waals surface area contributed by atoms with E-state index >= 15 is 0 Å². The summed E-state index contributed by atoms with van der Waals surface area (Å²) in [4.78, 5) is 24.3. The molecule has 23 heavy (non-hydrogen) atoms. The number of pyridine rings is 1. The highest BCUT2D eigenvalue weighted by Crippen LogP contribution is 2.19. The molecule has 3 heterocycles. The lowest BCUT2D eigenvalue weighted by molar-refractivity contribution is 0.0947. The molecule has 0 aromatic carbocycles. The first kappa shape index (κ1) is 15.2. The smallest absolute Gasteiger partial charge is 0.263 e. The molecule has 118 valence electrons. The average Bonchev–Trinajstić information content (AvgIpc) is 3.24. The summed E-state index contributed by atoms with van der Waals surface area (Å²) in [6.45, 7) is 0.356. The van der Waals surface area contributed by atoms with Crippen LogP contribution in [0.5, 0.6) is 0 Å². The predicted octanol–water partition coefficient (Wildman–Crippen LogP) is 1.66. The zero-order valence-corrected chi connectivity index (χ0v) is 13.4. The van der Waals surface area contributed by atoms with Crippen molar-refractivity contribution in [2.45, 2.75) is 6.04 Å². The molecular weight excluding hydrogens is 312 g/mol. The van der Waals surface area contributed by atoms with Gasteiger partial charge in [0.15, 0.2) is 0 Å². The second-order valence-electron chi connectivity index (χ2n) is 5.11. The number of carbonyl (C=O) groups is 1. The summed E-state index contributed by atoms with van der Waals surface area (Å²) in [5, 5.41) is 11.1. The van der Waals surface area contributed by atoms with Crippen LogP contribution < -0.4 is 10.9 Å². The summed E-state index contributed by atoms with van der Waals surface area (Å²) in [5.41, 5.74) is 0.899. The van der Waals surface area contributed by atoms with Gasteiger partial charge in [0.1, 0.15) is 5.56 Å². The minimum atomic E-state index is -0.376. The normalized spacial score (nSPS) is 12.0. The van der Waals surface area contributed by atoms with E-state index in [1.807, 2.05) is 29.1 Å². The molecule has 1 atom stereocenters. The fraction of sp³-hybridized carbons (Fsp3) is 0.188. The van der Waals surface area contributed by atoms with Gasteiger partial charge in [-0.3, -0.25) is 14.3 Å². The van der Waals surface area contributed by atoms with Crippen LogP contribution >= 0.6 is 11.3 Å². The Labute approximate surface area is 137 Å². The molecule has 0 aliphatic heterocycles. The average molecular weight is 328 g/mol. The predicted molar refractivity (Wildman–Crippen MR) is 88.7 cm³/mol. The topological polar surface area (TPSA) is 68.9 Å². The molecule has 0 bridgehead atoms. The van der Waals surface area contributed by atoms with E-state index in [9.17, 15) is 9.59 Å². The minimum Gasteiger partial charge on any atom is -0.349 e. The Morgan fingerprint density at radius 1 is 1.35 bits per heavy atom. The van der Waals surface area contributed by atoms with Crippen LogP contribution in [0.3, 0.4) is 0 Å². The highest BCUT2D eigenvalue weighted by molar-refractivity contribution is 7.07. The third kappa shape index (κ3) is 3.24. The van der Waals surface area contributed by atoms with Crippen LogP contribution in [0.25, 0.3) is 0 Å². The first-order valence-corrected chi connectivity index (χ1v) is 8.06. The molecule has 1 amide bonds. The highest BCUT2D eigenvalue weighted by atomic mass is 32.1. The molecule has 0 aliphatic rings. The van der Waals surface area contributed by atoms with Crippen molar-refractivity contribution < 1.29 is 4.79 Å². The van der Waals surface area contributed by atoms with E-state index in [1.54, 1.807) is 41.5 Å². The van der Waals surface area contributed by atoms with Crippen molar-refractivity contribution in [1.29, 1.82) is 0 Å². The molecule has 0 radical (unpaired) electrons. The molecule has 1 N–H and O–H groups in total. The van der Waals surface area contributed by atoms with Gasteiger partial charge < -0.3 is 9.88 Å². The lowest BCUT2D eigenvalue weighted by Gasteiger charge is -2.17. The van der Waals surface area contributed by atoms with E-state index in [1.165, 1.54) is 10.6 Å².